The summed E-state index contributed by atoms with van der Waals surface area (Å²) in [5.74, 6) is 0. The fourth-order valence-corrected chi connectivity index (χ4v) is 2.93. The molecule has 1 unspecified atom stereocenters. The van der Waals surface area contributed by atoms with Gasteiger partial charge in [-0.25, -0.2) is 0 Å². The Hall–Kier alpha value is -1.56. The maximum absolute atomic E-state index is 9.56. The molecule has 0 aliphatic carbocycles. The fourth-order valence-electron chi connectivity index (χ4n) is 2.12. The highest BCUT2D eigenvalue weighted by Gasteiger charge is 2.31. The Morgan fingerprint density at radius 1 is 1.21 bits per heavy atom. The number of aromatic nitrogens is 1. The lowest BCUT2D eigenvalue weighted by molar-refractivity contribution is 0.605. The van der Waals surface area contributed by atoms with Gasteiger partial charge in [-0.1, -0.05) is 35.3 Å². The molecular formula is C15H12Cl2N2. The summed E-state index contributed by atoms with van der Waals surface area (Å²) in [5.41, 5.74) is 0.866. The summed E-state index contributed by atoms with van der Waals surface area (Å²) in [5, 5.41) is 10.6. The third-order valence-electron chi connectivity index (χ3n) is 3.04. The van der Waals surface area contributed by atoms with Crippen molar-refractivity contribution in [2.45, 2.75) is 18.8 Å². The Bertz CT molecular complexity index is 600. The maximum atomic E-state index is 9.56. The molecule has 0 aliphatic heterocycles. The van der Waals surface area contributed by atoms with Gasteiger partial charge in [0, 0.05) is 28.0 Å². The lowest BCUT2D eigenvalue weighted by Crippen LogP contribution is -2.24. The SMILES string of the molecule is CC(C#N)(Cc1cccnc1)c1c(Cl)cccc1Cl. The van der Waals surface area contributed by atoms with E-state index in [-0.39, 0.29) is 0 Å². The zero-order valence-electron chi connectivity index (χ0n) is 10.4. The minimum Gasteiger partial charge on any atom is -0.264 e. The number of nitrogens with zero attached hydrogens (tertiary/aromatic N) is 2. The van der Waals surface area contributed by atoms with Crippen LogP contribution in [0.25, 0.3) is 0 Å². The molecule has 0 radical (unpaired) electrons. The Labute approximate surface area is 122 Å². The molecule has 2 nitrogen and oxygen atoms in total. The molecule has 0 spiro atoms. The van der Waals surface area contributed by atoms with E-state index in [0.29, 0.717) is 22.0 Å². The standard InChI is InChI=1S/C15H12Cl2N2/c1-15(10-18,8-11-4-3-7-19-9-11)14-12(16)5-2-6-13(14)17/h2-7,9H,8H2,1H3. The quantitative estimate of drug-likeness (QED) is 0.839. The van der Waals surface area contributed by atoms with Crippen LogP contribution in [0.5, 0.6) is 0 Å². The molecule has 2 aromatic rings. The summed E-state index contributed by atoms with van der Waals surface area (Å²) in [4.78, 5) is 4.07. The molecule has 0 saturated carbocycles. The first kappa shape index (κ1) is 13.9. The molecule has 1 aromatic heterocycles. The molecule has 4 heteroatoms. The van der Waals surface area contributed by atoms with Gasteiger partial charge in [0.05, 0.1) is 11.5 Å². The molecule has 0 N–H and O–H groups in total. The van der Waals surface area contributed by atoms with Crippen molar-refractivity contribution >= 4 is 23.2 Å². The van der Waals surface area contributed by atoms with E-state index < -0.39 is 5.41 Å². The molecule has 1 aromatic carbocycles. The Balaban J connectivity index is 2.47. The van der Waals surface area contributed by atoms with Crippen molar-refractivity contribution in [1.82, 2.24) is 4.98 Å². The van der Waals surface area contributed by atoms with E-state index in [4.69, 9.17) is 23.2 Å². The molecule has 96 valence electrons. The third kappa shape index (κ3) is 2.89. The second-order valence-electron chi connectivity index (χ2n) is 4.58. The van der Waals surface area contributed by atoms with Gasteiger partial charge >= 0.3 is 0 Å². The summed E-state index contributed by atoms with van der Waals surface area (Å²) in [6.45, 7) is 1.84. The Morgan fingerprint density at radius 3 is 2.42 bits per heavy atom. The van der Waals surface area contributed by atoms with Crippen LogP contribution in [-0.4, -0.2) is 4.98 Å². The number of rotatable bonds is 3. The number of halogens is 2. The fraction of sp³-hybridized carbons (Fsp3) is 0.200. The zero-order valence-corrected chi connectivity index (χ0v) is 11.9. The number of nitriles is 1. The van der Waals surface area contributed by atoms with Gasteiger partial charge in [-0.3, -0.25) is 4.98 Å². The molecular weight excluding hydrogens is 279 g/mol. The highest BCUT2D eigenvalue weighted by Crippen LogP contribution is 2.37. The molecule has 0 bridgehead atoms. The summed E-state index contributed by atoms with van der Waals surface area (Å²) >= 11 is 12.4. The van der Waals surface area contributed by atoms with Crippen LogP contribution in [0.4, 0.5) is 0 Å². The normalized spacial score (nSPS) is 13.6. The smallest absolute Gasteiger partial charge is 0.0863 e. The van der Waals surface area contributed by atoms with Crippen LogP contribution >= 0.6 is 23.2 Å². The van der Waals surface area contributed by atoms with Crippen molar-refractivity contribution in [3.05, 3.63) is 63.9 Å². The van der Waals surface area contributed by atoms with Crippen LogP contribution in [0.2, 0.25) is 10.0 Å². The van der Waals surface area contributed by atoms with Crippen molar-refractivity contribution in [2.75, 3.05) is 0 Å². The molecule has 0 saturated heterocycles. The first-order valence-corrected chi connectivity index (χ1v) is 6.57. The average molecular weight is 291 g/mol. The summed E-state index contributed by atoms with van der Waals surface area (Å²) in [7, 11) is 0. The van der Waals surface area contributed by atoms with E-state index in [1.54, 1.807) is 30.6 Å². The Kier molecular flexibility index (Phi) is 4.09. The predicted octanol–water partition coefficient (Wildman–Crippen LogP) is 4.41. The van der Waals surface area contributed by atoms with E-state index in [9.17, 15) is 5.26 Å². The number of pyridine rings is 1. The third-order valence-corrected chi connectivity index (χ3v) is 3.67. The minimum absolute atomic E-state index is 0.514. The summed E-state index contributed by atoms with van der Waals surface area (Å²) in [6.07, 6.45) is 3.97. The van der Waals surface area contributed by atoms with Crippen LogP contribution < -0.4 is 0 Å². The van der Waals surface area contributed by atoms with E-state index in [1.807, 2.05) is 19.1 Å². The zero-order chi connectivity index (χ0) is 13.9. The van der Waals surface area contributed by atoms with E-state index in [0.717, 1.165) is 5.56 Å². The molecule has 0 fully saturated rings. The molecule has 1 atom stereocenters. The largest absolute Gasteiger partial charge is 0.264 e. The Morgan fingerprint density at radius 2 is 1.89 bits per heavy atom. The molecule has 2 rings (SSSR count). The topological polar surface area (TPSA) is 36.7 Å². The lowest BCUT2D eigenvalue weighted by atomic mass is 9.79. The molecule has 19 heavy (non-hydrogen) atoms. The van der Waals surface area contributed by atoms with Crippen LogP contribution in [0.1, 0.15) is 18.1 Å². The van der Waals surface area contributed by atoms with Crippen LogP contribution in [-0.2, 0) is 11.8 Å². The minimum atomic E-state index is -0.779. The van der Waals surface area contributed by atoms with Crippen molar-refractivity contribution < 1.29 is 0 Å². The van der Waals surface area contributed by atoms with Gasteiger partial charge in [-0.15, -0.1) is 0 Å². The van der Waals surface area contributed by atoms with Crippen LogP contribution in [0.15, 0.2) is 42.7 Å². The monoisotopic (exact) mass is 290 g/mol. The predicted molar refractivity (Wildman–Crippen MR) is 77.4 cm³/mol. The van der Waals surface area contributed by atoms with Gasteiger partial charge in [0.15, 0.2) is 0 Å². The second-order valence-corrected chi connectivity index (χ2v) is 5.39. The highest BCUT2D eigenvalue weighted by molar-refractivity contribution is 6.36. The number of benzene rings is 1. The summed E-state index contributed by atoms with van der Waals surface area (Å²) < 4.78 is 0. The summed E-state index contributed by atoms with van der Waals surface area (Å²) in [6, 6.07) is 11.4. The number of hydrogen-bond acceptors (Lipinski definition) is 2. The van der Waals surface area contributed by atoms with Gasteiger partial charge in [0.1, 0.15) is 0 Å². The van der Waals surface area contributed by atoms with Crippen molar-refractivity contribution in [3.8, 4) is 6.07 Å². The van der Waals surface area contributed by atoms with Gasteiger partial charge in [-0.2, -0.15) is 5.26 Å². The first-order valence-electron chi connectivity index (χ1n) is 5.81. The first-order chi connectivity index (χ1) is 9.07. The van der Waals surface area contributed by atoms with Gasteiger partial charge < -0.3 is 0 Å². The molecule has 1 heterocycles. The van der Waals surface area contributed by atoms with Gasteiger partial charge in [-0.05, 0) is 37.1 Å². The van der Waals surface area contributed by atoms with Crippen molar-refractivity contribution in [1.29, 1.82) is 5.26 Å². The van der Waals surface area contributed by atoms with Crippen molar-refractivity contribution in [2.24, 2.45) is 0 Å². The van der Waals surface area contributed by atoms with E-state index >= 15 is 0 Å². The van der Waals surface area contributed by atoms with Gasteiger partial charge in [0.2, 0.25) is 0 Å². The van der Waals surface area contributed by atoms with E-state index in [2.05, 4.69) is 11.1 Å². The molecule has 0 aliphatic rings. The average Bonchev–Trinajstić information content (AvgIpc) is 2.39. The van der Waals surface area contributed by atoms with Gasteiger partial charge in [0.25, 0.3) is 0 Å². The lowest BCUT2D eigenvalue weighted by Gasteiger charge is -2.24. The second kappa shape index (κ2) is 5.61. The maximum Gasteiger partial charge on any atom is 0.0863 e. The van der Waals surface area contributed by atoms with E-state index in [1.165, 1.54) is 0 Å². The van der Waals surface area contributed by atoms with Crippen molar-refractivity contribution in [3.63, 3.8) is 0 Å². The highest BCUT2D eigenvalue weighted by atomic mass is 35.5. The molecule has 0 amide bonds. The van der Waals surface area contributed by atoms with Crippen LogP contribution in [0.3, 0.4) is 0 Å². The number of hydrogen-bond donors (Lipinski definition) is 0. The van der Waals surface area contributed by atoms with Crippen LogP contribution in [0, 0.1) is 11.3 Å².